The average Bonchev–Trinajstić information content (AvgIpc) is 3.69. The number of nitriles is 1. The summed E-state index contributed by atoms with van der Waals surface area (Å²) in [4.78, 5) is 27.9. The maximum Gasteiger partial charge on any atom is 0.455 e. The van der Waals surface area contributed by atoms with Gasteiger partial charge in [0.25, 0.3) is 17.6 Å². The molecule has 2 amide bonds. The van der Waals surface area contributed by atoms with E-state index in [4.69, 9.17) is 23.2 Å². The van der Waals surface area contributed by atoms with E-state index in [9.17, 15) is 36.8 Å². The third kappa shape index (κ3) is 8.11. The third-order valence-electron chi connectivity index (χ3n) is 6.70. The number of nitrogens with one attached hydrogen (secondary N) is 2. The Morgan fingerprint density at radius 2 is 1.71 bits per heavy atom. The fourth-order valence-corrected chi connectivity index (χ4v) is 5.10. The Hall–Kier alpha value is -5.60. The van der Waals surface area contributed by atoms with Crippen molar-refractivity contribution in [1.82, 2.24) is 35.3 Å². The van der Waals surface area contributed by atoms with Gasteiger partial charge < -0.3 is 15.4 Å². The summed E-state index contributed by atoms with van der Waals surface area (Å²) in [6.45, 7) is -1.93. The highest BCUT2D eigenvalue weighted by Gasteiger charge is 2.37. The molecular formula is C30H20Cl2F5N9O3. The Balaban J connectivity index is 1.46. The number of carbonyl (C=O) groups is 2. The van der Waals surface area contributed by atoms with Gasteiger partial charge in [0.15, 0.2) is 0 Å². The SMILES string of the molecule is Cc1cc(C#N)cc(C(=O)NCc2ccc(OC(F)F)cc2)c1NC(=O)c1cc(Cn2nnc(C(F)(F)F)n2)nn1-c1c(Cl)cccc1Cl. The van der Waals surface area contributed by atoms with E-state index < -0.39 is 37.0 Å². The van der Waals surface area contributed by atoms with E-state index in [0.717, 1.165) is 4.68 Å². The van der Waals surface area contributed by atoms with Crippen LogP contribution in [0.3, 0.4) is 0 Å². The first kappa shape index (κ1) is 34.7. The number of tetrazole rings is 1. The van der Waals surface area contributed by atoms with Gasteiger partial charge in [-0.2, -0.15) is 37.1 Å². The molecule has 0 unspecified atom stereocenters. The number of carbonyl (C=O) groups excluding carboxylic acids is 2. The highest BCUT2D eigenvalue weighted by Crippen LogP contribution is 2.31. The molecule has 0 bridgehead atoms. The second kappa shape index (κ2) is 14.3. The number of halogens is 7. The van der Waals surface area contributed by atoms with Crippen molar-refractivity contribution in [2.24, 2.45) is 0 Å². The smallest absolute Gasteiger partial charge is 0.435 e. The lowest BCUT2D eigenvalue weighted by atomic mass is 10.0. The van der Waals surface area contributed by atoms with Crippen molar-refractivity contribution in [2.45, 2.75) is 32.8 Å². The van der Waals surface area contributed by atoms with Crippen LogP contribution in [0.25, 0.3) is 5.69 Å². The number of amides is 2. The molecule has 2 N–H and O–H groups in total. The lowest BCUT2D eigenvalue weighted by Crippen LogP contribution is -2.26. The van der Waals surface area contributed by atoms with Gasteiger partial charge >= 0.3 is 12.8 Å². The lowest BCUT2D eigenvalue weighted by molar-refractivity contribution is -0.145. The van der Waals surface area contributed by atoms with Gasteiger partial charge in [-0.25, -0.2) is 4.68 Å². The van der Waals surface area contributed by atoms with E-state index in [-0.39, 0.29) is 56.2 Å². The van der Waals surface area contributed by atoms with Crippen molar-refractivity contribution in [3.63, 3.8) is 0 Å². The van der Waals surface area contributed by atoms with Crippen molar-refractivity contribution in [3.8, 4) is 17.5 Å². The molecule has 3 aromatic carbocycles. The number of aryl methyl sites for hydroxylation is 1. The molecule has 12 nitrogen and oxygen atoms in total. The molecule has 5 aromatic rings. The van der Waals surface area contributed by atoms with Gasteiger partial charge in [0, 0.05) is 6.54 Å². The number of ether oxygens (including phenoxy) is 1. The number of benzene rings is 3. The summed E-state index contributed by atoms with van der Waals surface area (Å²) in [5.74, 6) is -3.08. The number of aromatic nitrogens is 6. The fourth-order valence-electron chi connectivity index (χ4n) is 4.54. The van der Waals surface area contributed by atoms with Crippen LogP contribution < -0.4 is 15.4 Å². The van der Waals surface area contributed by atoms with E-state index >= 15 is 0 Å². The number of anilines is 1. The quantitative estimate of drug-likeness (QED) is 0.162. The van der Waals surface area contributed by atoms with E-state index in [1.807, 2.05) is 6.07 Å². The van der Waals surface area contributed by atoms with Gasteiger partial charge in [-0.3, -0.25) is 9.59 Å². The Kier molecular flexibility index (Phi) is 10.1. The van der Waals surface area contributed by atoms with E-state index in [2.05, 4.69) is 35.9 Å². The first-order valence-corrected chi connectivity index (χ1v) is 14.6. The number of rotatable bonds is 10. The second-order valence-electron chi connectivity index (χ2n) is 10.1. The normalized spacial score (nSPS) is 11.3. The molecule has 0 aliphatic heterocycles. The van der Waals surface area contributed by atoms with E-state index in [1.54, 1.807) is 13.0 Å². The standard InChI is InChI=1S/C30H20Cl2F5N9O3/c1-15-9-17(12-38)10-20(26(47)39-13-16-5-7-19(8-6-16)49-29(33)34)24(15)40-27(48)23-11-18(14-45-43-28(41-44-45)30(35,36)37)42-46(23)25-21(31)3-2-4-22(25)32/h2-11,29H,13-14H2,1H3,(H,39,47)(H,40,48). The number of nitrogens with zero attached hydrogens (tertiary/aromatic N) is 7. The molecular weight excluding hydrogens is 700 g/mol. The monoisotopic (exact) mass is 719 g/mol. The van der Waals surface area contributed by atoms with Gasteiger partial charge in [0.2, 0.25) is 0 Å². The average molecular weight is 720 g/mol. The van der Waals surface area contributed by atoms with Crippen LogP contribution in [0.1, 0.15) is 49.1 Å². The maximum atomic E-state index is 13.9. The summed E-state index contributed by atoms with van der Waals surface area (Å²) in [6, 6.07) is 15.9. The highest BCUT2D eigenvalue weighted by molar-refractivity contribution is 6.37. The van der Waals surface area contributed by atoms with Crippen molar-refractivity contribution in [2.75, 3.05) is 5.32 Å². The van der Waals surface area contributed by atoms with Crippen molar-refractivity contribution in [3.05, 3.63) is 110 Å². The minimum Gasteiger partial charge on any atom is -0.435 e. The van der Waals surface area contributed by atoms with Gasteiger partial charge in [0.05, 0.1) is 38.6 Å². The summed E-state index contributed by atoms with van der Waals surface area (Å²) >= 11 is 12.8. The first-order chi connectivity index (χ1) is 23.2. The molecule has 49 heavy (non-hydrogen) atoms. The topological polar surface area (TPSA) is 153 Å². The van der Waals surface area contributed by atoms with Crippen molar-refractivity contribution < 1.29 is 36.3 Å². The van der Waals surface area contributed by atoms with Crippen molar-refractivity contribution >= 4 is 40.7 Å². The summed E-state index contributed by atoms with van der Waals surface area (Å²) in [6.07, 6.45) is -4.84. The van der Waals surface area contributed by atoms with E-state index in [1.165, 1.54) is 54.6 Å². The number of hydrogen-bond acceptors (Lipinski definition) is 8. The third-order valence-corrected chi connectivity index (χ3v) is 7.31. The molecule has 2 aromatic heterocycles. The van der Waals surface area contributed by atoms with Crippen LogP contribution in [0.2, 0.25) is 10.0 Å². The lowest BCUT2D eigenvalue weighted by Gasteiger charge is -2.16. The molecule has 0 spiro atoms. The number of alkyl halides is 5. The van der Waals surface area contributed by atoms with Gasteiger partial charge in [-0.15, -0.1) is 10.2 Å². The molecule has 0 aliphatic carbocycles. The molecule has 5 rings (SSSR count). The predicted molar refractivity (Wildman–Crippen MR) is 164 cm³/mol. The first-order valence-electron chi connectivity index (χ1n) is 13.8. The Morgan fingerprint density at radius 3 is 2.33 bits per heavy atom. The molecule has 0 saturated heterocycles. The van der Waals surface area contributed by atoms with Crippen LogP contribution in [0, 0.1) is 18.3 Å². The largest absolute Gasteiger partial charge is 0.455 e. The Morgan fingerprint density at radius 1 is 1.02 bits per heavy atom. The Bertz CT molecular complexity index is 2060. The molecule has 0 saturated carbocycles. The van der Waals surface area contributed by atoms with Crippen LogP contribution in [-0.4, -0.2) is 48.4 Å². The summed E-state index contributed by atoms with van der Waals surface area (Å²) in [7, 11) is 0. The summed E-state index contributed by atoms with van der Waals surface area (Å²) < 4.78 is 69.5. The summed E-state index contributed by atoms with van der Waals surface area (Å²) in [5, 5.41) is 29.1. The van der Waals surface area contributed by atoms with Gasteiger partial charge in [-0.05, 0) is 65.7 Å². The van der Waals surface area contributed by atoms with Crippen LogP contribution in [-0.2, 0) is 19.3 Å². The zero-order valence-electron chi connectivity index (χ0n) is 24.8. The maximum absolute atomic E-state index is 13.9. The number of hydrogen-bond donors (Lipinski definition) is 2. The Labute approximate surface area is 283 Å². The van der Waals surface area contributed by atoms with Crippen LogP contribution in [0.4, 0.5) is 27.6 Å². The van der Waals surface area contributed by atoms with Crippen LogP contribution >= 0.6 is 23.2 Å². The predicted octanol–water partition coefficient (Wildman–Crippen LogP) is 6.20. The second-order valence-corrected chi connectivity index (χ2v) is 10.9. The van der Waals surface area contributed by atoms with Gasteiger partial charge in [0.1, 0.15) is 23.7 Å². The van der Waals surface area contributed by atoms with Gasteiger partial charge in [-0.1, -0.05) is 41.4 Å². The molecule has 0 fully saturated rings. The number of para-hydroxylation sites is 1. The highest BCUT2D eigenvalue weighted by atomic mass is 35.5. The molecule has 0 radical (unpaired) electrons. The van der Waals surface area contributed by atoms with Crippen LogP contribution in [0.5, 0.6) is 5.75 Å². The fraction of sp³-hybridized carbons (Fsp3) is 0.167. The molecule has 0 aliphatic rings. The molecule has 0 atom stereocenters. The molecule has 19 heteroatoms. The molecule has 252 valence electrons. The van der Waals surface area contributed by atoms with E-state index in [0.29, 0.717) is 15.9 Å². The minimum absolute atomic E-state index is 0.0201. The summed E-state index contributed by atoms with van der Waals surface area (Å²) in [5.41, 5.74) is 0.817. The van der Waals surface area contributed by atoms with Crippen LogP contribution in [0.15, 0.2) is 60.7 Å². The van der Waals surface area contributed by atoms with Crippen molar-refractivity contribution in [1.29, 1.82) is 5.26 Å². The minimum atomic E-state index is -4.84. The molecule has 2 heterocycles. The zero-order valence-corrected chi connectivity index (χ0v) is 26.3. The zero-order chi connectivity index (χ0) is 35.5.